The van der Waals surface area contributed by atoms with E-state index in [0.717, 1.165) is 47.5 Å². The Balaban J connectivity index is 1.47. The summed E-state index contributed by atoms with van der Waals surface area (Å²) in [4.78, 5) is 25.2. The van der Waals surface area contributed by atoms with Gasteiger partial charge in [0, 0.05) is 25.7 Å². The number of aryl methyl sites for hydroxylation is 1. The van der Waals surface area contributed by atoms with E-state index in [0.29, 0.717) is 24.3 Å². The molecule has 0 spiro atoms. The van der Waals surface area contributed by atoms with Crippen LogP contribution in [-0.4, -0.2) is 31.3 Å². The van der Waals surface area contributed by atoms with Crippen molar-refractivity contribution in [1.29, 1.82) is 0 Å². The van der Waals surface area contributed by atoms with Crippen LogP contribution in [0.5, 0.6) is 0 Å². The number of carbonyl (C=O) groups excluding carboxylic acids is 1. The fourth-order valence-corrected chi connectivity index (χ4v) is 4.46. The molecule has 1 fully saturated rings. The Morgan fingerprint density at radius 2 is 2.18 bits per heavy atom. The minimum absolute atomic E-state index is 0.151. The number of hydrogen-bond acceptors (Lipinski definition) is 7. The van der Waals surface area contributed by atoms with Crippen LogP contribution in [0.3, 0.4) is 0 Å². The molecule has 0 amide bonds. The Morgan fingerprint density at radius 3 is 2.89 bits per heavy atom. The van der Waals surface area contributed by atoms with Gasteiger partial charge in [-0.2, -0.15) is 4.98 Å². The number of hydrogen-bond donors (Lipinski definition) is 2. The SMILES string of the molecule is C=CC(=O)CC1CCC(Nc2nc(Nc3cn(C)cn3)nc3ccsc23)CC1. The van der Waals surface area contributed by atoms with Gasteiger partial charge < -0.3 is 15.2 Å². The highest BCUT2D eigenvalue weighted by Gasteiger charge is 2.23. The second-order valence-electron chi connectivity index (χ2n) is 7.32. The molecule has 0 saturated heterocycles. The van der Waals surface area contributed by atoms with Gasteiger partial charge in [0.05, 0.1) is 16.5 Å². The number of anilines is 3. The van der Waals surface area contributed by atoms with Gasteiger partial charge in [-0.1, -0.05) is 6.58 Å². The van der Waals surface area contributed by atoms with Crippen LogP contribution in [0.1, 0.15) is 32.1 Å². The zero-order valence-electron chi connectivity index (χ0n) is 15.9. The number of nitrogens with one attached hydrogen (secondary N) is 2. The maximum absolute atomic E-state index is 11.6. The lowest BCUT2D eigenvalue weighted by molar-refractivity contribution is -0.115. The molecule has 28 heavy (non-hydrogen) atoms. The topological polar surface area (TPSA) is 84.7 Å². The van der Waals surface area contributed by atoms with Crippen LogP contribution in [0.15, 0.2) is 36.6 Å². The van der Waals surface area contributed by atoms with E-state index in [1.54, 1.807) is 17.7 Å². The standard InChI is InChI=1S/C20H24N6OS/c1-3-15(27)10-13-4-6-14(7-5-13)22-19-18-16(8-9-28-18)23-20(25-19)24-17-11-26(2)12-21-17/h3,8-9,11-14H,1,4-7,10H2,2H3,(H2,22,23,24,25). The summed E-state index contributed by atoms with van der Waals surface area (Å²) in [6.45, 7) is 3.57. The molecule has 0 unspecified atom stereocenters. The van der Waals surface area contributed by atoms with Gasteiger partial charge in [0.1, 0.15) is 5.82 Å². The van der Waals surface area contributed by atoms with Gasteiger partial charge in [-0.25, -0.2) is 9.97 Å². The molecule has 3 aromatic rings. The fraction of sp³-hybridized carbons (Fsp3) is 0.400. The molecule has 0 atom stereocenters. The molecule has 3 aromatic heterocycles. The smallest absolute Gasteiger partial charge is 0.231 e. The summed E-state index contributed by atoms with van der Waals surface area (Å²) in [6, 6.07) is 2.37. The molecule has 2 N–H and O–H groups in total. The third-order valence-electron chi connectivity index (χ3n) is 5.15. The summed E-state index contributed by atoms with van der Waals surface area (Å²) in [7, 11) is 1.92. The van der Waals surface area contributed by atoms with Crippen molar-refractivity contribution in [2.75, 3.05) is 10.6 Å². The molecule has 1 saturated carbocycles. The minimum Gasteiger partial charge on any atom is -0.366 e. The minimum atomic E-state index is 0.151. The van der Waals surface area contributed by atoms with E-state index in [1.807, 2.05) is 29.3 Å². The third kappa shape index (κ3) is 4.22. The van der Waals surface area contributed by atoms with E-state index < -0.39 is 0 Å². The molecule has 1 aliphatic carbocycles. The average Bonchev–Trinajstić information content (AvgIpc) is 3.32. The number of imidazole rings is 1. The third-order valence-corrected chi connectivity index (χ3v) is 6.06. The van der Waals surface area contributed by atoms with Gasteiger partial charge >= 0.3 is 0 Å². The van der Waals surface area contributed by atoms with E-state index in [-0.39, 0.29) is 5.78 Å². The van der Waals surface area contributed by atoms with Gasteiger partial charge in [0.15, 0.2) is 11.6 Å². The predicted molar refractivity (Wildman–Crippen MR) is 113 cm³/mol. The molecule has 0 bridgehead atoms. The lowest BCUT2D eigenvalue weighted by Gasteiger charge is -2.29. The average molecular weight is 397 g/mol. The highest BCUT2D eigenvalue weighted by molar-refractivity contribution is 7.17. The highest BCUT2D eigenvalue weighted by atomic mass is 32.1. The first-order chi connectivity index (χ1) is 13.6. The van der Waals surface area contributed by atoms with Crippen molar-refractivity contribution in [1.82, 2.24) is 19.5 Å². The molecule has 8 heteroatoms. The van der Waals surface area contributed by atoms with Crippen LogP contribution in [0.25, 0.3) is 10.2 Å². The summed E-state index contributed by atoms with van der Waals surface area (Å²) >= 11 is 1.64. The maximum atomic E-state index is 11.6. The van der Waals surface area contributed by atoms with E-state index in [9.17, 15) is 4.79 Å². The molecule has 0 aliphatic heterocycles. The number of allylic oxidation sites excluding steroid dienone is 1. The molecular formula is C20H24N6OS. The number of nitrogens with zero attached hydrogens (tertiary/aromatic N) is 4. The zero-order valence-corrected chi connectivity index (χ0v) is 16.7. The van der Waals surface area contributed by atoms with E-state index >= 15 is 0 Å². The van der Waals surface area contributed by atoms with Gasteiger partial charge in [-0.05, 0) is 49.1 Å². The Kier molecular flexibility index (Phi) is 5.38. The second-order valence-corrected chi connectivity index (χ2v) is 8.23. The number of carbonyl (C=O) groups is 1. The summed E-state index contributed by atoms with van der Waals surface area (Å²) < 4.78 is 2.94. The lowest BCUT2D eigenvalue weighted by atomic mass is 9.83. The van der Waals surface area contributed by atoms with Crippen LogP contribution in [-0.2, 0) is 11.8 Å². The maximum Gasteiger partial charge on any atom is 0.231 e. The van der Waals surface area contributed by atoms with Crippen molar-refractivity contribution in [3.63, 3.8) is 0 Å². The highest BCUT2D eigenvalue weighted by Crippen LogP contribution is 2.32. The van der Waals surface area contributed by atoms with Crippen molar-refractivity contribution in [2.45, 2.75) is 38.1 Å². The Labute approximate surface area is 167 Å². The van der Waals surface area contributed by atoms with E-state index in [1.165, 1.54) is 6.08 Å². The normalized spacial score (nSPS) is 19.5. The molecule has 1 aliphatic rings. The molecule has 0 aromatic carbocycles. The number of thiophene rings is 1. The van der Waals surface area contributed by atoms with Crippen molar-refractivity contribution < 1.29 is 4.79 Å². The van der Waals surface area contributed by atoms with Gasteiger partial charge in [-0.3, -0.25) is 4.79 Å². The molecule has 3 heterocycles. The molecular weight excluding hydrogens is 372 g/mol. The molecule has 146 valence electrons. The van der Waals surface area contributed by atoms with Crippen LogP contribution in [0, 0.1) is 5.92 Å². The Hall–Kier alpha value is -2.74. The predicted octanol–water partition coefficient (Wildman–Crippen LogP) is 4.28. The Morgan fingerprint density at radius 1 is 1.36 bits per heavy atom. The van der Waals surface area contributed by atoms with Crippen molar-refractivity contribution in [3.05, 3.63) is 36.6 Å². The summed E-state index contributed by atoms with van der Waals surface area (Å²) in [5, 5.41) is 8.84. The van der Waals surface area contributed by atoms with Gasteiger partial charge in [0.25, 0.3) is 0 Å². The van der Waals surface area contributed by atoms with Crippen LogP contribution in [0.4, 0.5) is 17.6 Å². The largest absolute Gasteiger partial charge is 0.366 e. The summed E-state index contributed by atoms with van der Waals surface area (Å²) in [6.07, 6.45) is 9.86. The quantitative estimate of drug-likeness (QED) is 0.580. The fourth-order valence-electron chi connectivity index (χ4n) is 3.68. The van der Waals surface area contributed by atoms with Crippen molar-refractivity contribution in [2.24, 2.45) is 13.0 Å². The summed E-state index contributed by atoms with van der Waals surface area (Å²) in [5.41, 5.74) is 0.922. The molecule has 4 rings (SSSR count). The van der Waals surface area contributed by atoms with Gasteiger partial charge in [0.2, 0.25) is 5.95 Å². The zero-order chi connectivity index (χ0) is 19.5. The van der Waals surface area contributed by atoms with E-state index in [2.05, 4.69) is 27.2 Å². The second kappa shape index (κ2) is 8.10. The monoisotopic (exact) mass is 396 g/mol. The van der Waals surface area contributed by atoms with E-state index in [4.69, 9.17) is 4.98 Å². The number of ketones is 1. The van der Waals surface area contributed by atoms with Gasteiger partial charge in [-0.15, -0.1) is 11.3 Å². The first-order valence-electron chi connectivity index (χ1n) is 9.52. The number of fused-ring (bicyclic) bond motifs is 1. The van der Waals surface area contributed by atoms with Crippen molar-refractivity contribution >= 4 is 44.9 Å². The van der Waals surface area contributed by atoms with Crippen LogP contribution in [0.2, 0.25) is 0 Å². The number of rotatable bonds is 7. The number of aromatic nitrogens is 4. The lowest BCUT2D eigenvalue weighted by Crippen LogP contribution is -2.27. The first kappa shape index (κ1) is 18.6. The van der Waals surface area contributed by atoms with Crippen LogP contribution >= 0.6 is 11.3 Å². The molecule has 0 radical (unpaired) electrons. The first-order valence-corrected chi connectivity index (χ1v) is 10.4. The summed E-state index contributed by atoms with van der Waals surface area (Å²) in [5.74, 6) is 2.74. The van der Waals surface area contributed by atoms with Crippen LogP contribution < -0.4 is 10.6 Å². The Bertz CT molecular complexity index is 986. The molecule has 7 nitrogen and oxygen atoms in total. The van der Waals surface area contributed by atoms with Crippen molar-refractivity contribution in [3.8, 4) is 0 Å².